The summed E-state index contributed by atoms with van der Waals surface area (Å²) < 4.78 is 0.804. The van der Waals surface area contributed by atoms with E-state index in [4.69, 9.17) is 0 Å². The van der Waals surface area contributed by atoms with Crippen molar-refractivity contribution in [1.82, 2.24) is 10.2 Å². The Labute approximate surface area is 101 Å². The standard InChI is InChI=1S/C9H14BrN3OS/c10-8-11-12-9(15-8)13-5-3-1-2-4-7(13)6-14/h7,14H,1-6H2. The van der Waals surface area contributed by atoms with Gasteiger partial charge in [0.2, 0.25) is 5.13 Å². The first kappa shape index (κ1) is 11.3. The topological polar surface area (TPSA) is 49.2 Å². The Kier molecular flexibility index (Phi) is 3.93. The second-order valence-electron chi connectivity index (χ2n) is 3.72. The van der Waals surface area contributed by atoms with Crippen molar-refractivity contribution in [2.24, 2.45) is 0 Å². The summed E-state index contributed by atoms with van der Waals surface area (Å²) in [6, 6.07) is 0.215. The third-order valence-corrected chi connectivity index (χ3v) is 4.12. The van der Waals surface area contributed by atoms with Gasteiger partial charge < -0.3 is 10.0 Å². The lowest BCUT2D eigenvalue weighted by molar-refractivity contribution is 0.255. The molecule has 0 aromatic carbocycles. The molecular weight excluding hydrogens is 278 g/mol. The van der Waals surface area contributed by atoms with Crippen LogP contribution in [-0.4, -0.2) is 34.5 Å². The van der Waals surface area contributed by atoms with Gasteiger partial charge in [0.25, 0.3) is 0 Å². The van der Waals surface area contributed by atoms with Gasteiger partial charge in [-0.25, -0.2) is 0 Å². The highest BCUT2D eigenvalue weighted by Gasteiger charge is 2.23. The molecule has 6 heteroatoms. The lowest BCUT2D eigenvalue weighted by atomic mass is 10.1. The van der Waals surface area contributed by atoms with Gasteiger partial charge in [-0.3, -0.25) is 0 Å². The molecule has 1 aliphatic heterocycles. The number of aliphatic hydroxyl groups is 1. The molecule has 1 aromatic rings. The Hall–Kier alpha value is -0.200. The van der Waals surface area contributed by atoms with Gasteiger partial charge in [0, 0.05) is 6.54 Å². The smallest absolute Gasteiger partial charge is 0.209 e. The molecule has 1 unspecified atom stereocenters. The summed E-state index contributed by atoms with van der Waals surface area (Å²) >= 11 is 4.85. The Morgan fingerprint density at radius 1 is 1.40 bits per heavy atom. The number of hydrogen-bond donors (Lipinski definition) is 1. The van der Waals surface area contributed by atoms with Crippen LogP contribution in [0.15, 0.2) is 3.92 Å². The van der Waals surface area contributed by atoms with Crippen LogP contribution in [0.2, 0.25) is 0 Å². The minimum Gasteiger partial charge on any atom is -0.394 e. The van der Waals surface area contributed by atoms with Crippen molar-refractivity contribution in [2.45, 2.75) is 31.7 Å². The van der Waals surface area contributed by atoms with Crippen molar-refractivity contribution in [3.63, 3.8) is 0 Å². The van der Waals surface area contributed by atoms with E-state index < -0.39 is 0 Å². The SMILES string of the molecule is OCC1CCCCCN1c1nnc(Br)s1. The van der Waals surface area contributed by atoms with Crippen LogP contribution in [0.5, 0.6) is 0 Å². The normalized spacial score (nSPS) is 22.8. The first-order valence-corrected chi connectivity index (χ1v) is 6.78. The number of nitrogens with zero attached hydrogens (tertiary/aromatic N) is 3. The zero-order valence-electron chi connectivity index (χ0n) is 8.40. The summed E-state index contributed by atoms with van der Waals surface area (Å²) in [4.78, 5) is 2.19. The van der Waals surface area contributed by atoms with Gasteiger partial charge in [0.15, 0.2) is 3.92 Å². The average Bonchev–Trinajstić information content (AvgIpc) is 2.54. The number of aromatic nitrogens is 2. The Bertz CT molecular complexity index is 320. The Morgan fingerprint density at radius 2 is 2.27 bits per heavy atom. The van der Waals surface area contributed by atoms with E-state index in [1.54, 1.807) is 0 Å². The van der Waals surface area contributed by atoms with Gasteiger partial charge in [-0.05, 0) is 28.8 Å². The van der Waals surface area contributed by atoms with E-state index in [0.717, 1.165) is 22.0 Å². The lowest BCUT2D eigenvalue weighted by Gasteiger charge is -2.27. The number of anilines is 1. The van der Waals surface area contributed by atoms with E-state index in [1.165, 1.54) is 30.6 Å². The van der Waals surface area contributed by atoms with Gasteiger partial charge in [-0.15, -0.1) is 10.2 Å². The maximum Gasteiger partial charge on any atom is 0.209 e. The lowest BCUT2D eigenvalue weighted by Crippen LogP contribution is -2.37. The molecule has 1 N–H and O–H groups in total. The molecule has 2 rings (SSSR count). The van der Waals surface area contributed by atoms with E-state index in [-0.39, 0.29) is 12.6 Å². The van der Waals surface area contributed by atoms with E-state index in [1.807, 2.05) is 0 Å². The van der Waals surface area contributed by atoms with Gasteiger partial charge in [0.1, 0.15) is 0 Å². The minimum absolute atomic E-state index is 0.206. The highest BCUT2D eigenvalue weighted by molar-refractivity contribution is 9.11. The highest BCUT2D eigenvalue weighted by atomic mass is 79.9. The molecule has 0 spiro atoms. The van der Waals surface area contributed by atoms with Crippen LogP contribution in [0.4, 0.5) is 5.13 Å². The summed E-state index contributed by atoms with van der Waals surface area (Å²) in [5.74, 6) is 0. The molecule has 0 radical (unpaired) electrons. The van der Waals surface area contributed by atoms with E-state index in [9.17, 15) is 5.11 Å². The third-order valence-electron chi connectivity index (χ3n) is 2.72. The molecule has 0 saturated carbocycles. The third kappa shape index (κ3) is 2.68. The quantitative estimate of drug-likeness (QED) is 0.906. The van der Waals surface area contributed by atoms with Crippen molar-refractivity contribution >= 4 is 32.4 Å². The van der Waals surface area contributed by atoms with Crippen LogP contribution in [0.1, 0.15) is 25.7 Å². The minimum atomic E-state index is 0.206. The maximum atomic E-state index is 9.36. The number of hydrogen-bond acceptors (Lipinski definition) is 5. The monoisotopic (exact) mass is 291 g/mol. The molecule has 1 atom stereocenters. The van der Waals surface area contributed by atoms with Crippen LogP contribution < -0.4 is 4.90 Å². The predicted octanol–water partition coefficient (Wildman–Crippen LogP) is 2.04. The Balaban J connectivity index is 2.16. The zero-order valence-corrected chi connectivity index (χ0v) is 10.8. The summed E-state index contributed by atoms with van der Waals surface area (Å²) in [5, 5.41) is 18.3. The van der Waals surface area contributed by atoms with Gasteiger partial charge in [-0.2, -0.15) is 0 Å². The van der Waals surface area contributed by atoms with Gasteiger partial charge >= 0.3 is 0 Å². The van der Waals surface area contributed by atoms with E-state index >= 15 is 0 Å². The fourth-order valence-corrected chi connectivity index (χ4v) is 3.12. The van der Waals surface area contributed by atoms with Crippen molar-refractivity contribution in [1.29, 1.82) is 0 Å². The van der Waals surface area contributed by atoms with Crippen molar-refractivity contribution in [3.05, 3.63) is 3.92 Å². The Morgan fingerprint density at radius 3 is 2.93 bits per heavy atom. The van der Waals surface area contributed by atoms with Crippen molar-refractivity contribution in [3.8, 4) is 0 Å². The van der Waals surface area contributed by atoms with Crippen LogP contribution >= 0.6 is 27.3 Å². The molecule has 0 amide bonds. The van der Waals surface area contributed by atoms with Crippen molar-refractivity contribution < 1.29 is 5.11 Å². The molecule has 1 fully saturated rings. The average molecular weight is 292 g/mol. The van der Waals surface area contributed by atoms with Gasteiger partial charge in [0.05, 0.1) is 12.6 Å². The number of rotatable bonds is 2. The molecule has 15 heavy (non-hydrogen) atoms. The first-order chi connectivity index (χ1) is 7.31. The summed E-state index contributed by atoms with van der Waals surface area (Å²) in [5.41, 5.74) is 0. The highest BCUT2D eigenvalue weighted by Crippen LogP contribution is 2.28. The van der Waals surface area contributed by atoms with Crippen LogP contribution in [0, 0.1) is 0 Å². The number of aliphatic hydroxyl groups excluding tert-OH is 1. The molecule has 84 valence electrons. The molecule has 4 nitrogen and oxygen atoms in total. The maximum absolute atomic E-state index is 9.36. The fourth-order valence-electron chi connectivity index (χ4n) is 1.93. The fraction of sp³-hybridized carbons (Fsp3) is 0.778. The molecule has 1 aliphatic rings. The molecule has 2 heterocycles. The van der Waals surface area contributed by atoms with Crippen LogP contribution in [0.25, 0.3) is 0 Å². The first-order valence-electron chi connectivity index (χ1n) is 5.18. The van der Waals surface area contributed by atoms with Crippen molar-refractivity contribution in [2.75, 3.05) is 18.1 Å². The van der Waals surface area contributed by atoms with E-state index in [2.05, 4.69) is 31.0 Å². The summed E-state index contributed by atoms with van der Waals surface area (Å²) in [6.45, 7) is 1.18. The van der Waals surface area contributed by atoms with Crippen LogP contribution in [-0.2, 0) is 0 Å². The molecular formula is C9H14BrN3OS. The number of halogens is 1. The zero-order chi connectivity index (χ0) is 10.7. The summed E-state index contributed by atoms with van der Waals surface area (Å²) in [6.07, 6.45) is 4.66. The molecule has 0 bridgehead atoms. The molecule has 1 saturated heterocycles. The molecule has 1 aromatic heterocycles. The molecule has 0 aliphatic carbocycles. The predicted molar refractivity (Wildman–Crippen MR) is 64.3 cm³/mol. The second kappa shape index (κ2) is 5.23. The second-order valence-corrected chi connectivity index (χ2v) is 5.95. The van der Waals surface area contributed by atoms with Crippen LogP contribution in [0.3, 0.4) is 0 Å². The largest absolute Gasteiger partial charge is 0.394 e. The summed E-state index contributed by atoms with van der Waals surface area (Å²) in [7, 11) is 0. The van der Waals surface area contributed by atoms with Gasteiger partial charge in [-0.1, -0.05) is 24.2 Å². The van der Waals surface area contributed by atoms with E-state index in [0.29, 0.717) is 0 Å².